The third-order valence-corrected chi connectivity index (χ3v) is 5.84. The number of halogens is 1. The minimum atomic E-state index is -0.845. The molecular formula is C22H28ClN3O2S. The molecule has 1 aliphatic rings. The van der Waals surface area contributed by atoms with Crippen molar-refractivity contribution in [3.63, 3.8) is 0 Å². The molecule has 1 fully saturated rings. The van der Waals surface area contributed by atoms with E-state index >= 15 is 0 Å². The molecule has 1 saturated heterocycles. The van der Waals surface area contributed by atoms with Gasteiger partial charge in [-0.2, -0.15) is 0 Å². The number of pyridine rings is 1. The lowest BCUT2D eigenvalue weighted by atomic mass is 10.1. The summed E-state index contributed by atoms with van der Waals surface area (Å²) in [7, 11) is 2.17. The summed E-state index contributed by atoms with van der Waals surface area (Å²) in [6, 6.07) is 12.3. The van der Waals surface area contributed by atoms with Gasteiger partial charge in [-0.25, -0.2) is 4.98 Å². The zero-order valence-electron chi connectivity index (χ0n) is 17.1. The summed E-state index contributed by atoms with van der Waals surface area (Å²) in [6.45, 7) is 7.86. The highest BCUT2D eigenvalue weighted by Crippen LogP contribution is 2.34. The Bertz CT molecular complexity index is 945. The van der Waals surface area contributed by atoms with E-state index in [1.807, 2.05) is 24.3 Å². The highest BCUT2D eigenvalue weighted by Gasteiger charge is 2.19. The van der Waals surface area contributed by atoms with E-state index in [2.05, 4.69) is 34.4 Å². The van der Waals surface area contributed by atoms with Gasteiger partial charge in [0.1, 0.15) is 18.2 Å². The molecule has 29 heavy (non-hydrogen) atoms. The van der Waals surface area contributed by atoms with Gasteiger partial charge in [0, 0.05) is 41.8 Å². The molecule has 0 aliphatic carbocycles. The van der Waals surface area contributed by atoms with E-state index in [4.69, 9.17) is 9.72 Å². The number of rotatable bonds is 5. The zero-order chi connectivity index (χ0) is 19.7. The molecule has 1 aliphatic heterocycles. The van der Waals surface area contributed by atoms with Crippen molar-refractivity contribution < 1.29 is 9.84 Å². The molecule has 3 heterocycles. The molecule has 156 valence electrons. The molecule has 0 spiro atoms. The van der Waals surface area contributed by atoms with Gasteiger partial charge >= 0.3 is 0 Å². The number of thiophene rings is 1. The van der Waals surface area contributed by atoms with Crippen molar-refractivity contribution in [3.05, 3.63) is 41.8 Å². The van der Waals surface area contributed by atoms with Crippen LogP contribution in [0.3, 0.4) is 0 Å². The minimum Gasteiger partial charge on any atom is -0.491 e. The number of hydrogen-bond donors (Lipinski definition) is 1. The topological polar surface area (TPSA) is 48.8 Å². The van der Waals surface area contributed by atoms with Crippen LogP contribution < -0.4 is 9.64 Å². The molecule has 1 N–H and O–H groups in total. The Kier molecular flexibility index (Phi) is 6.69. The second-order valence-corrected chi connectivity index (χ2v) is 9.03. The van der Waals surface area contributed by atoms with Crippen LogP contribution in [0.15, 0.2) is 41.8 Å². The molecule has 0 bridgehead atoms. The molecular weight excluding hydrogens is 406 g/mol. The third kappa shape index (κ3) is 5.20. The summed E-state index contributed by atoms with van der Waals surface area (Å²) in [5, 5.41) is 13.2. The van der Waals surface area contributed by atoms with Gasteiger partial charge in [0.15, 0.2) is 0 Å². The summed E-state index contributed by atoms with van der Waals surface area (Å²) >= 11 is 1.76. The van der Waals surface area contributed by atoms with E-state index in [1.165, 1.54) is 10.1 Å². The molecule has 7 heteroatoms. The van der Waals surface area contributed by atoms with Gasteiger partial charge in [-0.3, -0.25) is 0 Å². The van der Waals surface area contributed by atoms with Crippen LogP contribution in [-0.2, 0) is 0 Å². The van der Waals surface area contributed by atoms with Crippen LogP contribution in [0.4, 0.5) is 5.82 Å². The van der Waals surface area contributed by atoms with Crippen LogP contribution >= 0.6 is 23.7 Å². The summed E-state index contributed by atoms with van der Waals surface area (Å²) in [4.78, 5) is 9.80. The number of ether oxygens (including phenoxy) is 1. The number of hydrogen-bond acceptors (Lipinski definition) is 6. The van der Waals surface area contributed by atoms with Crippen LogP contribution in [-0.4, -0.2) is 60.4 Å². The van der Waals surface area contributed by atoms with Gasteiger partial charge in [0.25, 0.3) is 0 Å². The molecule has 0 amide bonds. The standard InChI is InChI=1S/C22H27N3O2S.ClH/c1-22(2,26)15-27-17-6-4-16(5-7-17)19-14-20-18(8-13-28-20)21(23-19)25-11-9-24(3)10-12-25;/h4-8,13-14,26H,9-12,15H2,1-3H3;1H. The molecule has 4 rings (SSSR count). The van der Waals surface area contributed by atoms with E-state index in [0.717, 1.165) is 49.0 Å². The normalized spacial score (nSPS) is 15.4. The first-order valence-electron chi connectivity index (χ1n) is 9.66. The van der Waals surface area contributed by atoms with Gasteiger partial charge in [-0.05, 0) is 62.7 Å². The first kappa shape index (κ1) is 21.8. The number of anilines is 1. The van der Waals surface area contributed by atoms with E-state index in [0.29, 0.717) is 0 Å². The average Bonchev–Trinajstić information content (AvgIpc) is 3.15. The smallest absolute Gasteiger partial charge is 0.138 e. The van der Waals surface area contributed by atoms with Crippen molar-refractivity contribution in [2.75, 3.05) is 44.7 Å². The van der Waals surface area contributed by atoms with Crippen molar-refractivity contribution in [3.8, 4) is 17.0 Å². The maximum absolute atomic E-state index is 9.82. The molecule has 1 aromatic carbocycles. The Morgan fingerprint density at radius 2 is 1.79 bits per heavy atom. The molecule has 0 atom stereocenters. The van der Waals surface area contributed by atoms with Gasteiger partial charge in [0.05, 0.1) is 11.3 Å². The van der Waals surface area contributed by atoms with E-state index in [9.17, 15) is 5.11 Å². The van der Waals surface area contributed by atoms with Crippen LogP contribution in [0.2, 0.25) is 0 Å². The SMILES string of the molecule is CN1CCN(c2nc(-c3ccc(OCC(C)(C)O)cc3)cc3sccc23)CC1.Cl. The molecule has 0 unspecified atom stereocenters. The molecule has 0 radical (unpaired) electrons. The average molecular weight is 434 g/mol. The van der Waals surface area contributed by atoms with E-state index in [1.54, 1.807) is 25.2 Å². The fourth-order valence-corrected chi connectivity index (χ4v) is 4.15. The molecule has 5 nitrogen and oxygen atoms in total. The Balaban J connectivity index is 0.00000240. The highest BCUT2D eigenvalue weighted by atomic mass is 35.5. The largest absolute Gasteiger partial charge is 0.491 e. The zero-order valence-corrected chi connectivity index (χ0v) is 18.7. The van der Waals surface area contributed by atoms with Crippen molar-refractivity contribution in [2.24, 2.45) is 0 Å². The maximum atomic E-state index is 9.82. The maximum Gasteiger partial charge on any atom is 0.138 e. The predicted octanol–water partition coefficient (Wildman–Crippen LogP) is 4.29. The van der Waals surface area contributed by atoms with E-state index in [-0.39, 0.29) is 19.0 Å². The van der Waals surface area contributed by atoms with Crippen LogP contribution in [0.1, 0.15) is 13.8 Å². The first-order valence-corrected chi connectivity index (χ1v) is 10.5. The van der Waals surface area contributed by atoms with Gasteiger partial charge in [-0.15, -0.1) is 23.7 Å². The molecule has 0 saturated carbocycles. The number of benzene rings is 1. The van der Waals surface area contributed by atoms with Gasteiger partial charge in [0.2, 0.25) is 0 Å². The van der Waals surface area contributed by atoms with E-state index < -0.39 is 5.60 Å². The quantitative estimate of drug-likeness (QED) is 0.650. The summed E-state index contributed by atoms with van der Waals surface area (Å²) in [5.41, 5.74) is 1.21. The number of piperazine rings is 1. The number of likely N-dealkylation sites (N-methyl/N-ethyl adjacent to an activating group) is 1. The summed E-state index contributed by atoms with van der Waals surface area (Å²) in [5.74, 6) is 1.84. The molecule has 3 aromatic rings. The Labute approximate surface area is 182 Å². The van der Waals surface area contributed by atoms with Crippen LogP contribution in [0, 0.1) is 0 Å². The minimum absolute atomic E-state index is 0. The lowest BCUT2D eigenvalue weighted by molar-refractivity contribution is 0.0285. The van der Waals surface area contributed by atoms with Crippen molar-refractivity contribution in [2.45, 2.75) is 19.4 Å². The van der Waals surface area contributed by atoms with Crippen LogP contribution in [0.5, 0.6) is 5.75 Å². The summed E-state index contributed by atoms with van der Waals surface area (Å²) < 4.78 is 6.93. The number of nitrogens with zero attached hydrogens (tertiary/aromatic N) is 3. The fourth-order valence-electron chi connectivity index (χ4n) is 3.34. The van der Waals surface area contributed by atoms with Crippen molar-refractivity contribution in [1.82, 2.24) is 9.88 Å². The fraction of sp³-hybridized carbons (Fsp3) is 0.409. The second-order valence-electron chi connectivity index (χ2n) is 8.08. The number of fused-ring (bicyclic) bond motifs is 1. The summed E-state index contributed by atoms with van der Waals surface area (Å²) in [6.07, 6.45) is 0. The first-order chi connectivity index (χ1) is 13.4. The van der Waals surface area contributed by atoms with Crippen molar-refractivity contribution in [1.29, 1.82) is 0 Å². The number of aromatic nitrogens is 1. The monoisotopic (exact) mass is 433 g/mol. The predicted molar refractivity (Wildman–Crippen MR) is 124 cm³/mol. The Morgan fingerprint density at radius 1 is 1.10 bits per heavy atom. The van der Waals surface area contributed by atoms with Crippen LogP contribution in [0.25, 0.3) is 21.3 Å². The van der Waals surface area contributed by atoms with Gasteiger partial charge in [-0.1, -0.05) is 0 Å². The van der Waals surface area contributed by atoms with Gasteiger partial charge < -0.3 is 19.6 Å². The Hall–Kier alpha value is -1.86. The highest BCUT2D eigenvalue weighted by molar-refractivity contribution is 7.17. The Morgan fingerprint density at radius 3 is 2.45 bits per heavy atom. The molecule has 2 aromatic heterocycles. The lowest BCUT2D eigenvalue weighted by Crippen LogP contribution is -2.44. The third-order valence-electron chi connectivity index (χ3n) is 4.98. The number of aliphatic hydroxyl groups is 1. The lowest BCUT2D eigenvalue weighted by Gasteiger charge is -2.33. The second kappa shape index (κ2) is 8.88. The van der Waals surface area contributed by atoms with Crippen molar-refractivity contribution >= 4 is 39.6 Å².